The smallest absolute Gasteiger partial charge is 0.303 e. The van der Waals surface area contributed by atoms with E-state index in [0.717, 1.165) is 5.56 Å². The van der Waals surface area contributed by atoms with Gasteiger partial charge in [0.2, 0.25) is 0 Å². The zero-order valence-corrected chi connectivity index (χ0v) is 16.2. The Morgan fingerprint density at radius 1 is 1.21 bits per heavy atom. The highest BCUT2D eigenvalue weighted by Crippen LogP contribution is 2.38. The van der Waals surface area contributed by atoms with Gasteiger partial charge in [0.1, 0.15) is 0 Å². The highest BCUT2D eigenvalue weighted by Gasteiger charge is 2.39. The standard InChI is InChI=1S/C22H25ClO5/c23-18-11-6-4-9-16(18)22-27-14-15(8-2-1-3-13-20(25)26)21(28-22)17-10-5-7-12-19(17)24/h1-2,4-7,9-12,15,17,19,21-22,24H,3,8,13-14H2,(H,25,26)/b2-1-/t15-,17?,19?,21+,22+/m0/s1. The van der Waals surface area contributed by atoms with E-state index in [1.54, 1.807) is 12.1 Å². The number of rotatable bonds is 7. The summed E-state index contributed by atoms with van der Waals surface area (Å²) in [5.74, 6) is -0.955. The highest BCUT2D eigenvalue weighted by molar-refractivity contribution is 6.31. The van der Waals surface area contributed by atoms with Crippen LogP contribution in [0, 0.1) is 11.8 Å². The number of hydrogen-bond donors (Lipinski definition) is 2. The second-order valence-corrected chi connectivity index (χ2v) is 7.43. The van der Waals surface area contributed by atoms with Crippen molar-refractivity contribution in [3.8, 4) is 0 Å². The van der Waals surface area contributed by atoms with Crippen LogP contribution in [0.3, 0.4) is 0 Å². The van der Waals surface area contributed by atoms with Crippen molar-refractivity contribution in [1.29, 1.82) is 0 Å². The van der Waals surface area contributed by atoms with Crippen molar-refractivity contribution in [2.75, 3.05) is 6.61 Å². The maximum Gasteiger partial charge on any atom is 0.303 e. The average Bonchev–Trinajstić information content (AvgIpc) is 2.68. The zero-order chi connectivity index (χ0) is 19.9. The van der Waals surface area contributed by atoms with Gasteiger partial charge < -0.3 is 19.7 Å². The molecule has 6 heteroatoms. The predicted molar refractivity (Wildman–Crippen MR) is 107 cm³/mol. The Kier molecular flexibility index (Phi) is 7.45. The molecule has 0 aromatic heterocycles. The summed E-state index contributed by atoms with van der Waals surface area (Å²) in [5, 5.41) is 19.8. The van der Waals surface area contributed by atoms with Crippen molar-refractivity contribution in [1.82, 2.24) is 0 Å². The van der Waals surface area contributed by atoms with Crippen LogP contribution >= 0.6 is 11.6 Å². The van der Waals surface area contributed by atoms with Gasteiger partial charge in [-0.25, -0.2) is 0 Å². The van der Waals surface area contributed by atoms with Crippen LogP contribution in [0.15, 0.2) is 60.7 Å². The van der Waals surface area contributed by atoms with E-state index in [1.807, 2.05) is 48.6 Å². The van der Waals surface area contributed by atoms with Crippen LogP contribution in [0.2, 0.25) is 5.02 Å². The van der Waals surface area contributed by atoms with Crippen LogP contribution in [0.4, 0.5) is 0 Å². The fourth-order valence-electron chi connectivity index (χ4n) is 3.55. The minimum Gasteiger partial charge on any atom is -0.481 e. The summed E-state index contributed by atoms with van der Waals surface area (Å²) in [6, 6.07) is 7.42. The highest BCUT2D eigenvalue weighted by atomic mass is 35.5. The Morgan fingerprint density at radius 3 is 2.75 bits per heavy atom. The first-order valence-corrected chi connectivity index (χ1v) is 9.85. The number of allylic oxidation sites excluding steroid dienone is 4. The average molecular weight is 405 g/mol. The number of carboxylic acid groups (broad SMARTS) is 1. The molecule has 1 aromatic rings. The fraction of sp³-hybridized carbons (Fsp3) is 0.409. The second-order valence-electron chi connectivity index (χ2n) is 7.02. The first-order valence-electron chi connectivity index (χ1n) is 9.47. The van der Waals surface area contributed by atoms with Gasteiger partial charge in [-0.05, 0) is 18.9 Å². The monoisotopic (exact) mass is 404 g/mol. The van der Waals surface area contributed by atoms with Crippen molar-refractivity contribution in [2.24, 2.45) is 11.8 Å². The quantitative estimate of drug-likeness (QED) is 0.663. The van der Waals surface area contributed by atoms with E-state index in [-0.39, 0.29) is 24.4 Å². The number of aliphatic hydroxyl groups is 1. The number of aliphatic carboxylic acids is 1. The molecule has 5 nitrogen and oxygen atoms in total. The molecule has 150 valence electrons. The van der Waals surface area contributed by atoms with Crippen LogP contribution < -0.4 is 0 Å². The predicted octanol–water partition coefficient (Wildman–Crippen LogP) is 4.28. The second kappa shape index (κ2) is 10.0. The van der Waals surface area contributed by atoms with Crippen molar-refractivity contribution >= 4 is 17.6 Å². The van der Waals surface area contributed by atoms with Crippen LogP contribution in [0.25, 0.3) is 0 Å². The summed E-state index contributed by atoms with van der Waals surface area (Å²) in [5.41, 5.74) is 0.773. The molecule has 0 spiro atoms. The maximum atomic E-state index is 10.6. The summed E-state index contributed by atoms with van der Waals surface area (Å²) >= 11 is 6.31. The molecule has 0 amide bonds. The summed E-state index contributed by atoms with van der Waals surface area (Å²) in [7, 11) is 0. The Morgan fingerprint density at radius 2 is 2.00 bits per heavy atom. The lowest BCUT2D eigenvalue weighted by atomic mass is 9.82. The first-order chi connectivity index (χ1) is 13.6. The van der Waals surface area contributed by atoms with Gasteiger partial charge in [0.15, 0.2) is 6.29 Å². The summed E-state index contributed by atoms with van der Waals surface area (Å²) in [4.78, 5) is 10.6. The van der Waals surface area contributed by atoms with Gasteiger partial charge in [0.05, 0.1) is 18.8 Å². The molecule has 2 unspecified atom stereocenters. The molecule has 0 radical (unpaired) electrons. The molecule has 3 rings (SSSR count). The van der Waals surface area contributed by atoms with Gasteiger partial charge in [-0.3, -0.25) is 4.79 Å². The number of hydrogen-bond acceptors (Lipinski definition) is 4. The third-order valence-electron chi connectivity index (χ3n) is 5.02. The van der Waals surface area contributed by atoms with Gasteiger partial charge in [-0.15, -0.1) is 0 Å². The Bertz CT molecular complexity index is 757. The van der Waals surface area contributed by atoms with E-state index >= 15 is 0 Å². The van der Waals surface area contributed by atoms with E-state index in [2.05, 4.69) is 0 Å². The summed E-state index contributed by atoms with van der Waals surface area (Å²) in [6.07, 6.45) is 11.1. The zero-order valence-electron chi connectivity index (χ0n) is 15.5. The van der Waals surface area contributed by atoms with Crippen LogP contribution in [0.1, 0.15) is 31.1 Å². The van der Waals surface area contributed by atoms with Gasteiger partial charge >= 0.3 is 5.97 Å². The lowest BCUT2D eigenvalue weighted by molar-refractivity contribution is -0.253. The molecular weight excluding hydrogens is 380 g/mol. The Labute approximate surface area is 169 Å². The molecule has 28 heavy (non-hydrogen) atoms. The number of halogens is 1. The SMILES string of the molecule is O=C(O)CC/C=C\C[C@H]1CO[C@@H](c2ccccc2Cl)O[C@H]1C1C=CC=CC1O. The van der Waals surface area contributed by atoms with Gasteiger partial charge in [0.25, 0.3) is 0 Å². The number of ether oxygens (including phenoxy) is 2. The fourth-order valence-corrected chi connectivity index (χ4v) is 3.77. The largest absolute Gasteiger partial charge is 0.481 e. The molecule has 2 aliphatic rings. The van der Waals surface area contributed by atoms with Crippen LogP contribution in [0.5, 0.6) is 0 Å². The lowest BCUT2D eigenvalue weighted by Gasteiger charge is -2.41. The third kappa shape index (κ3) is 5.32. The number of aliphatic hydroxyl groups excluding tert-OH is 1. The minimum atomic E-state index is -0.809. The van der Waals surface area contributed by atoms with Gasteiger partial charge in [-0.1, -0.05) is 66.3 Å². The Hall–Kier alpha value is -1.92. The molecule has 1 aliphatic heterocycles. The number of benzene rings is 1. The minimum absolute atomic E-state index is 0.0376. The van der Waals surface area contributed by atoms with E-state index in [1.165, 1.54) is 0 Å². The van der Waals surface area contributed by atoms with Crippen molar-refractivity contribution in [3.05, 3.63) is 71.3 Å². The Balaban J connectivity index is 1.72. The first kappa shape index (κ1) is 20.8. The summed E-state index contributed by atoms with van der Waals surface area (Å²) < 4.78 is 12.2. The van der Waals surface area contributed by atoms with Gasteiger partial charge in [0, 0.05) is 28.8 Å². The molecule has 2 N–H and O–H groups in total. The van der Waals surface area contributed by atoms with E-state index in [0.29, 0.717) is 24.5 Å². The van der Waals surface area contributed by atoms with E-state index < -0.39 is 18.4 Å². The topological polar surface area (TPSA) is 76.0 Å². The lowest BCUT2D eigenvalue weighted by Crippen LogP contribution is -2.44. The summed E-state index contributed by atoms with van der Waals surface area (Å²) in [6.45, 7) is 0.463. The molecule has 0 bridgehead atoms. The number of carbonyl (C=O) groups is 1. The van der Waals surface area contributed by atoms with Crippen molar-refractivity contribution in [2.45, 2.75) is 37.8 Å². The van der Waals surface area contributed by atoms with E-state index in [9.17, 15) is 9.90 Å². The third-order valence-corrected chi connectivity index (χ3v) is 5.37. The molecular formula is C22H25ClO5. The van der Waals surface area contributed by atoms with Crippen molar-refractivity contribution < 1.29 is 24.5 Å². The van der Waals surface area contributed by atoms with Gasteiger partial charge in [-0.2, -0.15) is 0 Å². The molecule has 1 aromatic carbocycles. The maximum absolute atomic E-state index is 10.6. The normalized spacial score (nSPS) is 30.0. The van der Waals surface area contributed by atoms with Crippen LogP contribution in [-0.2, 0) is 14.3 Å². The molecule has 5 atom stereocenters. The molecule has 1 saturated heterocycles. The van der Waals surface area contributed by atoms with E-state index in [4.69, 9.17) is 26.2 Å². The molecule has 0 saturated carbocycles. The van der Waals surface area contributed by atoms with Crippen LogP contribution in [-0.4, -0.2) is 35.0 Å². The molecule has 1 aliphatic carbocycles. The number of carboxylic acids is 1. The van der Waals surface area contributed by atoms with Crippen molar-refractivity contribution in [3.63, 3.8) is 0 Å². The molecule has 1 heterocycles. The molecule has 1 fully saturated rings.